The Morgan fingerprint density at radius 3 is 1.47 bits per heavy atom. The van der Waals surface area contributed by atoms with Crippen LogP contribution < -0.4 is 0 Å². The van der Waals surface area contributed by atoms with Crippen LogP contribution in [0.5, 0.6) is 0 Å². The molecule has 170 valence electrons. The number of amides is 2. The Hall–Kier alpha value is -2.70. The Bertz CT molecular complexity index is 829. The standard InChI is InChI=1S/C26H32N2O4/c1-19-25(21-9-5-3-6-10-21)31-17-15-27(19)23(29)13-14-24(30)28-16-18-32-26(20(28)2)22-11-7-4-8-12-22/h3-12,19-20,25-26H,13-18H2,1-2H3/t19-,20-,25-,26+/m0/s1. The monoisotopic (exact) mass is 436 g/mol. The molecule has 2 fully saturated rings. The van der Waals surface area contributed by atoms with E-state index in [-0.39, 0.29) is 48.9 Å². The Balaban J connectivity index is 1.34. The molecule has 2 aliphatic rings. The molecular weight excluding hydrogens is 404 g/mol. The van der Waals surface area contributed by atoms with Crippen molar-refractivity contribution in [2.75, 3.05) is 26.3 Å². The summed E-state index contributed by atoms with van der Waals surface area (Å²) in [7, 11) is 0. The number of ether oxygens (including phenoxy) is 2. The zero-order chi connectivity index (χ0) is 22.5. The van der Waals surface area contributed by atoms with Crippen molar-refractivity contribution in [1.82, 2.24) is 9.80 Å². The van der Waals surface area contributed by atoms with Gasteiger partial charge < -0.3 is 19.3 Å². The highest BCUT2D eigenvalue weighted by molar-refractivity contribution is 5.84. The van der Waals surface area contributed by atoms with E-state index in [1.54, 1.807) is 0 Å². The molecule has 0 aliphatic carbocycles. The Morgan fingerprint density at radius 1 is 0.719 bits per heavy atom. The molecule has 6 nitrogen and oxygen atoms in total. The summed E-state index contributed by atoms with van der Waals surface area (Å²) in [5.74, 6) is 0.0196. The maximum Gasteiger partial charge on any atom is 0.223 e. The van der Waals surface area contributed by atoms with Gasteiger partial charge >= 0.3 is 0 Å². The van der Waals surface area contributed by atoms with Crippen LogP contribution in [0.2, 0.25) is 0 Å². The zero-order valence-corrected chi connectivity index (χ0v) is 18.9. The van der Waals surface area contributed by atoms with Crippen LogP contribution in [-0.4, -0.2) is 60.0 Å². The second-order valence-electron chi connectivity index (χ2n) is 8.56. The van der Waals surface area contributed by atoms with Crippen LogP contribution in [-0.2, 0) is 19.1 Å². The lowest BCUT2D eigenvalue weighted by Crippen LogP contribution is -2.50. The van der Waals surface area contributed by atoms with Crippen LogP contribution in [0.4, 0.5) is 0 Å². The van der Waals surface area contributed by atoms with Gasteiger partial charge in [-0.15, -0.1) is 0 Å². The van der Waals surface area contributed by atoms with Crippen molar-refractivity contribution < 1.29 is 19.1 Å². The van der Waals surface area contributed by atoms with Crippen molar-refractivity contribution in [2.45, 2.75) is 51.0 Å². The molecule has 0 aromatic heterocycles. The van der Waals surface area contributed by atoms with Gasteiger partial charge in [-0.05, 0) is 25.0 Å². The maximum atomic E-state index is 13.0. The summed E-state index contributed by atoms with van der Waals surface area (Å²) in [5.41, 5.74) is 2.14. The molecule has 2 aromatic rings. The van der Waals surface area contributed by atoms with Crippen molar-refractivity contribution in [2.24, 2.45) is 0 Å². The molecule has 0 saturated carbocycles. The van der Waals surface area contributed by atoms with Crippen LogP contribution in [0.25, 0.3) is 0 Å². The van der Waals surface area contributed by atoms with Gasteiger partial charge in [-0.2, -0.15) is 0 Å². The predicted molar refractivity (Wildman–Crippen MR) is 122 cm³/mol. The molecule has 6 heteroatoms. The summed E-state index contributed by atoms with van der Waals surface area (Å²) in [6.45, 7) is 6.16. The smallest absolute Gasteiger partial charge is 0.223 e. The highest BCUT2D eigenvalue weighted by Gasteiger charge is 2.35. The molecule has 0 radical (unpaired) electrons. The van der Waals surface area contributed by atoms with E-state index in [4.69, 9.17) is 9.47 Å². The van der Waals surface area contributed by atoms with Crippen molar-refractivity contribution in [3.63, 3.8) is 0 Å². The highest BCUT2D eigenvalue weighted by Crippen LogP contribution is 2.30. The number of rotatable bonds is 5. The average molecular weight is 437 g/mol. The number of carbonyl (C=O) groups is 2. The zero-order valence-electron chi connectivity index (χ0n) is 18.9. The molecule has 2 heterocycles. The quantitative estimate of drug-likeness (QED) is 0.716. The molecule has 32 heavy (non-hydrogen) atoms. The molecule has 2 aliphatic heterocycles. The van der Waals surface area contributed by atoms with E-state index in [2.05, 4.69) is 0 Å². The van der Waals surface area contributed by atoms with Gasteiger partial charge in [0.05, 0.1) is 25.3 Å². The van der Waals surface area contributed by atoms with Crippen LogP contribution >= 0.6 is 0 Å². The summed E-state index contributed by atoms with van der Waals surface area (Å²) >= 11 is 0. The first-order valence-corrected chi connectivity index (χ1v) is 11.5. The summed E-state index contributed by atoms with van der Waals surface area (Å²) in [6, 6.07) is 19.9. The minimum absolute atomic E-state index is 0.00982. The number of hydrogen-bond donors (Lipinski definition) is 0. The lowest BCUT2D eigenvalue weighted by Gasteiger charge is -2.41. The second kappa shape index (κ2) is 10.3. The average Bonchev–Trinajstić information content (AvgIpc) is 2.83. The van der Waals surface area contributed by atoms with E-state index in [0.29, 0.717) is 26.3 Å². The van der Waals surface area contributed by atoms with Gasteiger partial charge in [0.15, 0.2) is 0 Å². The van der Waals surface area contributed by atoms with Gasteiger partial charge in [-0.3, -0.25) is 9.59 Å². The van der Waals surface area contributed by atoms with Crippen LogP contribution in [0.15, 0.2) is 60.7 Å². The van der Waals surface area contributed by atoms with Gasteiger partial charge in [0.1, 0.15) is 12.2 Å². The normalized spacial score (nSPS) is 26.1. The molecule has 0 spiro atoms. The Labute approximate surface area is 190 Å². The molecule has 2 amide bonds. The van der Waals surface area contributed by atoms with Crippen LogP contribution in [0, 0.1) is 0 Å². The number of nitrogens with zero attached hydrogens (tertiary/aromatic N) is 2. The lowest BCUT2D eigenvalue weighted by atomic mass is 9.99. The minimum Gasteiger partial charge on any atom is -0.370 e. The number of carbonyl (C=O) groups excluding carboxylic acids is 2. The van der Waals surface area contributed by atoms with Crippen molar-refractivity contribution in [3.05, 3.63) is 71.8 Å². The second-order valence-corrected chi connectivity index (χ2v) is 8.56. The summed E-state index contributed by atoms with van der Waals surface area (Å²) in [4.78, 5) is 29.8. The number of morpholine rings is 2. The molecule has 0 bridgehead atoms. The first-order chi connectivity index (χ1) is 15.6. The van der Waals surface area contributed by atoms with Gasteiger partial charge in [0.25, 0.3) is 0 Å². The van der Waals surface area contributed by atoms with Gasteiger partial charge in [0, 0.05) is 25.9 Å². The van der Waals surface area contributed by atoms with E-state index >= 15 is 0 Å². The highest BCUT2D eigenvalue weighted by atomic mass is 16.5. The first kappa shape index (κ1) is 22.5. The summed E-state index contributed by atoms with van der Waals surface area (Å²) < 4.78 is 11.9. The van der Waals surface area contributed by atoms with E-state index in [0.717, 1.165) is 11.1 Å². The Kier molecular flexibility index (Phi) is 7.22. The molecule has 2 aromatic carbocycles. The lowest BCUT2D eigenvalue weighted by molar-refractivity contribution is -0.151. The van der Waals surface area contributed by atoms with E-state index in [1.807, 2.05) is 84.3 Å². The summed E-state index contributed by atoms with van der Waals surface area (Å²) in [6.07, 6.45) is 0.140. The Morgan fingerprint density at radius 2 is 1.09 bits per heavy atom. The third kappa shape index (κ3) is 4.87. The van der Waals surface area contributed by atoms with Crippen LogP contribution in [0.1, 0.15) is 50.0 Å². The van der Waals surface area contributed by atoms with Crippen molar-refractivity contribution >= 4 is 11.8 Å². The topological polar surface area (TPSA) is 59.1 Å². The molecule has 2 saturated heterocycles. The predicted octanol–water partition coefficient (Wildman–Crippen LogP) is 3.74. The molecule has 4 atom stereocenters. The van der Waals surface area contributed by atoms with Gasteiger partial charge in [0.2, 0.25) is 11.8 Å². The van der Waals surface area contributed by atoms with Gasteiger partial charge in [-0.25, -0.2) is 0 Å². The summed E-state index contributed by atoms with van der Waals surface area (Å²) in [5, 5.41) is 0. The minimum atomic E-state index is -0.143. The van der Waals surface area contributed by atoms with Crippen LogP contribution in [0.3, 0.4) is 0 Å². The number of benzene rings is 2. The maximum absolute atomic E-state index is 13.0. The van der Waals surface area contributed by atoms with Gasteiger partial charge in [-0.1, -0.05) is 60.7 Å². The fourth-order valence-corrected chi connectivity index (χ4v) is 4.81. The third-order valence-corrected chi connectivity index (χ3v) is 6.57. The SMILES string of the molecule is C[C@H]1[C@@H](c2ccccc2)OCCN1C(=O)CCC(=O)N1CCO[C@@H](c2ccccc2)[C@@H]1C. The molecular formula is C26H32N2O4. The molecule has 4 rings (SSSR count). The third-order valence-electron chi connectivity index (χ3n) is 6.57. The number of hydrogen-bond acceptors (Lipinski definition) is 4. The molecule has 0 N–H and O–H groups in total. The fourth-order valence-electron chi connectivity index (χ4n) is 4.81. The fraction of sp³-hybridized carbons (Fsp3) is 0.462. The van der Waals surface area contributed by atoms with E-state index in [9.17, 15) is 9.59 Å². The molecule has 0 unspecified atom stereocenters. The van der Waals surface area contributed by atoms with Crippen molar-refractivity contribution in [1.29, 1.82) is 0 Å². The van der Waals surface area contributed by atoms with E-state index < -0.39 is 0 Å². The van der Waals surface area contributed by atoms with Crippen molar-refractivity contribution in [3.8, 4) is 0 Å². The largest absolute Gasteiger partial charge is 0.370 e. The first-order valence-electron chi connectivity index (χ1n) is 11.5. The van der Waals surface area contributed by atoms with E-state index in [1.165, 1.54) is 0 Å².